The van der Waals surface area contributed by atoms with Crippen LogP contribution in [-0.4, -0.2) is 32.7 Å². The van der Waals surface area contributed by atoms with E-state index in [9.17, 15) is 9.59 Å². The van der Waals surface area contributed by atoms with E-state index in [0.29, 0.717) is 18.7 Å². The lowest BCUT2D eigenvalue weighted by Crippen LogP contribution is -2.34. The van der Waals surface area contributed by atoms with Crippen molar-refractivity contribution in [2.24, 2.45) is 5.92 Å². The molecule has 0 bridgehead atoms. The highest BCUT2D eigenvalue weighted by Gasteiger charge is 2.29. The molecule has 7 nitrogen and oxygen atoms in total. The fourth-order valence-corrected chi connectivity index (χ4v) is 2.71. The molecule has 1 aromatic carbocycles. The van der Waals surface area contributed by atoms with Crippen LogP contribution in [0.2, 0.25) is 0 Å². The fraction of sp³-hybridized carbons (Fsp3) is 0.476. The zero-order chi connectivity index (χ0) is 20.7. The summed E-state index contributed by atoms with van der Waals surface area (Å²) in [5, 5.41) is 1.23. The zero-order valence-electron chi connectivity index (χ0n) is 17.2. The van der Waals surface area contributed by atoms with E-state index in [0.717, 1.165) is 5.56 Å². The third-order valence-electron chi connectivity index (χ3n) is 3.89. The highest BCUT2D eigenvalue weighted by molar-refractivity contribution is 5.71. The summed E-state index contributed by atoms with van der Waals surface area (Å²) in [6.45, 7) is 9.71. The normalized spacial score (nSPS) is 12.6. The van der Waals surface area contributed by atoms with Crippen LogP contribution in [0.25, 0.3) is 0 Å². The van der Waals surface area contributed by atoms with Crippen LogP contribution in [0.3, 0.4) is 0 Å². The standard InChI is InChI=1S/C21H29N3O4/c1-16(2)13-18(24(15-25)27-14-17-9-7-6-8-10-17)19-22-11-12-23(19)20(26)28-21(3,4)5/h6-12,15-16,18H,13-14H2,1-5H3. The van der Waals surface area contributed by atoms with Crippen LogP contribution in [-0.2, 0) is 21.0 Å². The van der Waals surface area contributed by atoms with Gasteiger partial charge in [0.1, 0.15) is 24.1 Å². The number of carbonyl (C=O) groups is 2. The van der Waals surface area contributed by atoms with Gasteiger partial charge in [-0.3, -0.25) is 9.63 Å². The molecule has 1 aromatic heterocycles. The van der Waals surface area contributed by atoms with E-state index >= 15 is 0 Å². The maximum Gasteiger partial charge on any atom is 0.420 e. The van der Waals surface area contributed by atoms with Gasteiger partial charge in [-0.05, 0) is 38.7 Å². The van der Waals surface area contributed by atoms with Crippen molar-refractivity contribution in [2.45, 2.75) is 59.3 Å². The van der Waals surface area contributed by atoms with Crippen LogP contribution in [0, 0.1) is 5.92 Å². The molecule has 1 amide bonds. The molecule has 7 heteroatoms. The van der Waals surface area contributed by atoms with Crippen molar-refractivity contribution in [1.29, 1.82) is 0 Å². The molecule has 1 unspecified atom stereocenters. The van der Waals surface area contributed by atoms with Crippen LogP contribution in [0.1, 0.15) is 58.5 Å². The Morgan fingerprint density at radius 2 is 1.93 bits per heavy atom. The SMILES string of the molecule is CC(C)CC(c1nccn1C(=O)OC(C)(C)C)N(C=O)OCc1ccccc1. The molecular formula is C21H29N3O4. The van der Waals surface area contributed by atoms with E-state index in [2.05, 4.69) is 4.98 Å². The summed E-state index contributed by atoms with van der Waals surface area (Å²) in [4.78, 5) is 34.5. The van der Waals surface area contributed by atoms with Gasteiger partial charge in [0.2, 0.25) is 6.41 Å². The van der Waals surface area contributed by atoms with E-state index < -0.39 is 17.7 Å². The number of benzene rings is 1. The zero-order valence-corrected chi connectivity index (χ0v) is 17.2. The lowest BCUT2D eigenvalue weighted by molar-refractivity contribution is -0.197. The molecule has 2 rings (SSSR count). The van der Waals surface area contributed by atoms with E-state index in [1.807, 2.05) is 44.2 Å². The molecule has 152 valence electrons. The molecule has 0 saturated carbocycles. The number of ether oxygens (including phenoxy) is 1. The van der Waals surface area contributed by atoms with Gasteiger partial charge in [0.05, 0.1) is 0 Å². The van der Waals surface area contributed by atoms with Gasteiger partial charge in [-0.15, -0.1) is 0 Å². The Kier molecular flexibility index (Phi) is 7.34. The highest BCUT2D eigenvalue weighted by atomic mass is 16.7. The summed E-state index contributed by atoms with van der Waals surface area (Å²) in [7, 11) is 0. The molecule has 1 atom stereocenters. The van der Waals surface area contributed by atoms with Crippen molar-refractivity contribution in [3.8, 4) is 0 Å². The summed E-state index contributed by atoms with van der Waals surface area (Å²) in [6, 6.07) is 9.04. The molecule has 28 heavy (non-hydrogen) atoms. The van der Waals surface area contributed by atoms with Crippen molar-refractivity contribution in [1.82, 2.24) is 14.6 Å². The summed E-state index contributed by atoms with van der Waals surface area (Å²) in [6.07, 6.45) is 3.73. The topological polar surface area (TPSA) is 73.7 Å². The van der Waals surface area contributed by atoms with E-state index in [1.54, 1.807) is 20.8 Å². The Balaban J connectivity index is 2.26. The van der Waals surface area contributed by atoms with E-state index in [4.69, 9.17) is 9.57 Å². The van der Waals surface area contributed by atoms with Crippen molar-refractivity contribution in [2.75, 3.05) is 0 Å². The molecule has 0 radical (unpaired) electrons. The Morgan fingerprint density at radius 3 is 2.50 bits per heavy atom. The maximum absolute atomic E-state index is 12.6. The van der Waals surface area contributed by atoms with Gasteiger partial charge in [-0.2, -0.15) is 0 Å². The average molecular weight is 387 g/mol. The predicted octanol–water partition coefficient (Wildman–Crippen LogP) is 4.34. The first-order chi connectivity index (χ1) is 13.2. The molecule has 0 aliphatic heterocycles. The number of hydrogen-bond acceptors (Lipinski definition) is 5. The second-order valence-corrected chi connectivity index (χ2v) is 8.01. The average Bonchev–Trinajstić information content (AvgIpc) is 3.10. The molecule has 0 saturated heterocycles. The van der Waals surface area contributed by atoms with Crippen LogP contribution < -0.4 is 0 Å². The Bertz CT molecular complexity index is 765. The van der Waals surface area contributed by atoms with Crippen LogP contribution >= 0.6 is 0 Å². The number of imidazole rings is 1. The van der Waals surface area contributed by atoms with Gasteiger partial charge in [0.25, 0.3) is 0 Å². The fourth-order valence-electron chi connectivity index (χ4n) is 2.71. The first kappa shape index (κ1) is 21.6. The predicted molar refractivity (Wildman–Crippen MR) is 105 cm³/mol. The van der Waals surface area contributed by atoms with Gasteiger partial charge in [-0.1, -0.05) is 44.2 Å². The highest BCUT2D eigenvalue weighted by Crippen LogP contribution is 2.27. The molecule has 0 aliphatic rings. The van der Waals surface area contributed by atoms with Crippen molar-refractivity contribution < 1.29 is 19.2 Å². The van der Waals surface area contributed by atoms with Crippen LogP contribution in [0.15, 0.2) is 42.7 Å². The summed E-state index contributed by atoms with van der Waals surface area (Å²) < 4.78 is 6.79. The van der Waals surface area contributed by atoms with Crippen LogP contribution in [0.4, 0.5) is 4.79 Å². The molecule has 0 fully saturated rings. The molecule has 2 aromatic rings. The van der Waals surface area contributed by atoms with Gasteiger partial charge in [-0.25, -0.2) is 19.4 Å². The molecule has 1 heterocycles. The summed E-state index contributed by atoms with van der Waals surface area (Å²) >= 11 is 0. The Labute approximate surface area is 166 Å². The minimum Gasteiger partial charge on any atom is -0.443 e. The van der Waals surface area contributed by atoms with Gasteiger partial charge >= 0.3 is 6.09 Å². The minimum absolute atomic E-state index is 0.237. The van der Waals surface area contributed by atoms with Crippen molar-refractivity contribution >= 4 is 12.5 Å². The second-order valence-electron chi connectivity index (χ2n) is 8.01. The third kappa shape index (κ3) is 6.20. The number of nitrogens with zero attached hydrogens (tertiary/aromatic N) is 3. The Hall–Kier alpha value is -2.67. The number of aromatic nitrogens is 2. The summed E-state index contributed by atoms with van der Waals surface area (Å²) in [5.74, 6) is 0.652. The Morgan fingerprint density at radius 1 is 1.25 bits per heavy atom. The van der Waals surface area contributed by atoms with E-state index in [1.165, 1.54) is 22.0 Å². The van der Waals surface area contributed by atoms with Gasteiger partial charge in [0.15, 0.2) is 0 Å². The van der Waals surface area contributed by atoms with Gasteiger partial charge in [0, 0.05) is 12.4 Å². The largest absolute Gasteiger partial charge is 0.443 e. The second kappa shape index (κ2) is 9.50. The quantitative estimate of drug-likeness (QED) is 0.497. The molecular weight excluding hydrogens is 358 g/mol. The monoisotopic (exact) mass is 387 g/mol. The minimum atomic E-state index is -0.639. The first-order valence-corrected chi connectivity index (χ1v) is 9.38. The number of hydrogen-bond donors (Lipinski definition) is 0. The number of rotatable bonds is 8. The van der Waals surface area contributed by atoms with E-state index in [-0.39, 0.29) is 12.5 Å². The van der Waals surface area contributed by atoms with Gasteiger partial charge < -0.3 is 4.74 Å². The third-order valence-corrected chi connectivity index (χ3v) is 3.89. The lowest BCUT2D eigenvalue weighted by Gasteiger charge is -2.29. The number of carbonyl (C=O) groups excluding carboxylic acids is 2. The maximum atomic E-state index is 12.6. The van der Waals surface area contributed by atoms with Crippen molar-refractivity contribution in [3.05, 3.63) is 54.1 Å². The molecule has 0 N–H and O–H groups in total. The van der Waals surface area contributed by atoms with Crippen molar-refractivity contribution in [3.63, 3.8) is 0 Å². The number of hydroxylamine groups is 2. The smallest absolute Gasteiger partial charge is 0.420 e. The van der Waals surface area contributed by atoms with Crippen LogP contribution in [0.5, 0.6) is 0 Å². The summed E-state index contributed by atoms with van der Waals surface area (Å²) in [5.41, 5.74) is 0.300. The number of amides is 1. The molecule has 0 aliphatic carbocycles. The lowest BCUT2D eigenvalue weighted by atomic mass is 10.0. The first-order valence-electron chi connectivity index (χ1n) is 9.38. The molecule has 0 spiro atoms.